The fourth-order valence-corrected chi connectivity index (χ4v) is 3.55. The molecular formula is C22H16ClN5. The quantitative estimate of drug-likeness (QED) is 0.450. The Labute approximate surface area is 166 Å². The molecule has 0 unspecified atom stereocenters. The number of halogens is 1. The lowest BCUT2D eigenvalue weighted by atomic mass is 10.0. The van der Waals surface area contributed by atoms with Crippen LogP contribution in [0.1, 0.15) is 5.82 Å². The largest absolute Gasteiger partial charge is 0.341 e. The summed E-state index contributed by atoms with van der Waals surface area (Å²) in [4.78, 5) is 12.2. The van der Waals surface area contributed by atoms with Gasteiger partial charge in [-0.05, 0) is 42.3 Å². The second-order valence-corrected chi connectivity index (χ2v) is 6.99. The monoisotopic (exact) mass is 385 g/mol. The van der Waals surface area contributed by atoms with Gasteiger partial charge in [-0.25, -0.2) is 14.6 Å². The van der Waals surface area contributed by atoms with Crippen molar-refractivity contribution < 1.29 is 0 Å². The van der Waals surface area contributed by atoms with Crippen molar-refractivity contribution in [2.75, 3.05) is 0 Å². The van der Waals surface area contributed by atoms with E-state index in [-0.39, 0.29) is 0 Å². The van der Waals surface area contributed by atoms with Crippen LogP contribution < -0.4 is 0 Å². The van der Waals surface area contributed by atoms with Crippen LogP contribution in [0.5, 0.6) is 0 Å². The lowest BCUT2D eigenvalue weighted by Gasteiger charge is -2.07. The molecule has 0 fully saturated rings. The number of H-pyrrole nitrogens is 1. The number of aromatic nitrogens is 5. The molecule has 1 N–H and O–H groups in total. The minimum atomic E-state index is 0.604. The molecule has 3 heterocycles. The lowest BCUT2D eigenvalue weighted by Crippen LogP contribution is -1.93. The Morgan fingerprint density at radius 1 is 0.893 bits per heavy atom. The van der Waals surface area contributed by atoms with Gasteiger partial charge in [0, 0.05) is 18.0 Å². The SMILES string of the molecule is Cc1nc2nc(-c3ccc(-c4ccc(-n5cccn5)cc4)cc3)c(Cl)cc2[nH]1. The molecule has 0 saturated carbocycles. The molecule has 3 aromatic heterocycles. The number of imidazole rings is 1. The van der Waals surface area contributed by atoms with Gasteiger partial charge in [0.2, 0.25) is 0 Å². The first-order valence-corrected chi connectivity index (χ1v) is 9.29. The van der Waals surface area contributed by atoms with Gasteiger partial charge >= 0.3 is 0 Å². The lowest BCUT2D eigenvalue weighted by molar-refractivity contribution is 0.881. The molecule has 0 radical (unpaired) electrons. The number of nitrogens with one attached hydrogen (secondary N) is 1. The minimum absolute atomic E-state index is 0.604. The third-order valence-corrected chi connectivity index (χ3v) is 4.96. The van der Waals surface area contributed by atoms with Crippen molar-refractivity contribution in [3.8, 4) is 28.1 Å². The van der Waals surface area contributed by atoms with Crippen molar-refractivity contribution >= 4 is 22.8 Å². The van der Waals surface area contributed by atoms with E-state index >= 15 is 0 Å². The molecule has 5 rings (SSSR count). The normalized spacial score (nSPS) is 11.2. The first-order valence-electron chi connectivity index (χ1n) is 8.91. The van der Waals surface area contributed by atoms with Crippen LogP contribution in [0.15, 0.2) is 73.1 Å². The second kappa shape index (κ2) is 6.62. The van der Waals surface area contributed by atoms with Crippen LogP contribution in [0.3, 0.4) is 0 Å². The van der Waals surface area contributed by atoms with Crippen LogP contribution in [-0.2, 0) is 0 Å². The number of pyridine rings is 1. The van der Waals surface area contributed by atoms with E-state index < -0.39 is 0 Å². The summed E-state index contributed by atoms with van der Waals surface area (Å²) in [7, 11) is 0. The Morgan fingerprint density at radius 3 is 2.25 bits per heavy atom. The van der Waals surface area contributed by atoms with Crippen LogP contribution in [0, 0.1) is 6.92 Å². The van der Waals surface area contributed by atoms with Crippen molar-refractivity contribution in [1.82, 2.24) is 24.7 Å². The average Bonchev–Trinajstić information content (AvgIpc) is 3.37. The smallest absolute Gasteiger partial charge is 0.178 e. The highest BCUT2D eigenvalue weighted by molar-refractivity contribution is 6.33. The molecular weight excluding hydrogens is 370 g/mol. The number of hydrogen-bond donors (Lipinski definition) is 1. The topological polar surface area (TPSA) is 59.4 Å². The molecule has 136 valence electrons. The Bertz CT molecular complexity index is 1250. The van der Waals surface area contributed by atoms with Crippen LogP contribution in [0.2, 0.25) is 5.02 Å². The van der Waals surface area contributed by atoms with Crippen molar-refractivity contribution in [2.24, 2.45) is 0 Å². The Kier molecular flexibility index (Phi) is 3.95. The van der Waals surface area contributed by atoms with Gasteiger partial charge in [0.25, 0.3) is 0 Å². The molecule has 0 aliphatic carbocycles. The van der Waals surface area contributed by atoms with Crippen molar-refractivity contribution in [1.29, 1.82) is 0 Å². The summed E-state index contributed by atoms with van der Waals surface area (Å²) in [6.07, 6.45) is 3.70. The van der Waals surface area contributed by atoms with Gasteiger partial charge in [-0.3, -0.25) is 0 Å². The molecule has 5 aromatic rings. The number of benzene rings is 2. The van der Waals surface area contributed by atoms with E-state index in [1.165, 1.54) is 0 Å². The molecule has 0 aliphatic rings. The summed E-state index contributed by atoms with van der Waals surface area (Å²) in [6.45, 7) is 1.90. The van der Waals surface area contributed by atoms with Crippen molar-refractivity contribution in [3.63, 3.8) is 0 Å². The van der Waals surface area contributed by atoms with Gasteiger partial charge < -0.3 is 4.98 Å². The van der Waals surface area contributed by atoms with E-state index in [1.54, 1.807) is 6.20 Å². The highest BCUT2D eigenvalue weighted by Gasteiger charge is 2.10. The first kappa shape index (κ1) is 16.7. The van der Waals surface area contributed by atoms with Gasteiger partial charge in [-0.15, -0.1) is 0 Å². The Balaban J connectivity index is 1.46. The minimum Gasteiger partial charge on any atom is -0.341 e. The van der Waals surface area contributed by atoms with Gasteiger partial charge in [-0.2, -0.15) is 5.10 Å². The van der Waals surface area contributed by atoms with E-state index in [0.29, 0.717) is 10.7 Å². The molecule has 0 bridgehead atoms. The van der Waals surface area contributed by atoms with Crippen LogP contribution in [0.4, 0.5) is 0 Å². The third kappa shape index (κ3) is 2.96. The standard InChI is InChI=1S/C22H16ClN5/c1-14-25-20-13-19(23)21(27-22(20)26-14)17-5-3-15(4-6-17)16-7-9-18(10-8-16)28-12-2-11-24-28/h2-13H,1H3,(H,25,26,27). The van der Waals surface area contributed by atoms with E-state index in [0.717, 1.165) is 39.4 Å². The van der Waals surface area contributed by atoms with Crippen LogP contribution >= 0.6 is 11.6 Å². The number of rotatable bonds is 3. The number of nitrogens with zero attached hydrogens (tertiary/aromatic N) is 4. The highest BCUT2D eigenvalue weighted by atomic mass is 35.5. The molecule has 0 spiro atoms. The average molecular weight is 386 g/mol. The van der Waals surface area contributed by atoms with Crippen LogP contribution in [-0.4, -0.2) is 24.7 Å². The molecule has 6 heteroatoms. The summed E-state index contributed by atoms with van der Waals surface area (Å²) in [6, 6.07) is 20.3. The molecule has 0 atom stereocenters. The number of aryl methyl sites for hydroxylation is 1. The summed E-state index contributed by atoms with van der Waals surface area (Å²) in [5.74, 6) is 0.824. The van der Waals surface area contributed by atoms with E-state index in [9.17, 15) is 0 Å². The zero-order valence-corrected chi connectivity index (χ0v) is 15.9. The Morgan fingerprint density at radius 2 is 1.57 bits per heavy atom. The summed E-state index contributed by atoms with van der Waals surface area (Å²) >= 11 is 6.45. The van der Waals surface area contributed by atoms with Crippen LogP contribution in [0.25, 0.3) is 39.2 Å². The van der Waals surface area contributed by atoms with Crippen molar-refractivity contribution in [2.45, 2.75) is 6.92 Å². The van der Waals surface area contributed by atoms with Crippen molar-refractivity contribution in [3.05, 3.63) is 83.9 Å². The molecule has 0 aliphatic heterocycles. The van der Waals surface area contributed by atoms with Gasteiger partial charge in [0.1, 0.15) is 5.82 Å². The highest BCUT2D eigenvalue weighted by Crippen LogP contribution is 2.30. The second-order valence-electron chi connectivity index (χ2n) is 6.59. The first-order chi connectivity index (χ1) is 13.7. The predicted molar refractivity (Wildman–Crippen MR) is 112 cm³/mol. The van der Waals surface area contributed by atoms with E-state index in [4.69, 9.17) is 11.6 Å². The fraction of sp³-hybridized carbons (Fsp3) is 0.0455. The molecule has 28 heavy (non-hydrogen) atoms. The third-order valence-electron chi connectivity index (χ3n) is 4.67. The fourth-order valence-electron chi connectivity index (χ4n) is 3.29. The maximum absolute atomic E-state index is 6.45. The molecule has 5 nitrogen and oxygen atoms in total. The molecule has 0 saturated heterocycles. The molecule has 2 aromatic carbocycles. The summed E-state index contributed by atoms with van der Waals surface area (Å²) in [5, 5.41) is 4.86. The molecule has 0 amide bonds. The Hall–Kier alpha value is -3.44. The van der Waals surface area contributed by atoms with E-state index in [2.05, 4.69) is 56.4 Å². The summed E-state index contributed by atoms with van der Waals surface area (Å²) < 4.78 is 1.84. The van der Waals surface area contributed by atoms with Gasteiger partial charge in [0.05, 0.1) is 21.9 Å². The predicted octanol–water partition coefficient (Wildman–Crippen LogP) is 5.44. The number of hydrogen-bond acceptors (Lipinski definition) is 3. The van der Waals surface area contributed by atoms with Gasteiger partial charge in [-0.1, -0.05) is 48.0 Å². The number of fused-ring (bicyclic) bond motifs is 1. The maximum Gasteiger partial charge on any atom is 0.178 e. The zero-order valence-electron chi connectivity index (χ0n) is 15.1. The van der Waals surface area contributed by atoms with Gasteiger partial charge in [0.15, 0.2) is 5.65 Å². The number of aromatic amines is 1. The maximum atomic E-state index is 6.45. The zero-order chi connectivity index (χ0) is 19.1. The summed E-state index contributed by atoms with van der Waals surface area (Å²) in [5.41, 5.74) is 6.52. The van der Waals surface area contributed by atoms with E-state index in [1.807, 2.05) is 42.1 Å².